The molecule has 0 aliphatic heterocycles. The Labute approximate surface area is 97.3 Å². The molecule has 0 atom stereocenters. The van der Waals surface area contributed by atoms with Crippen LogP contribution in [0.3, 0.4) is 0 Å². The third kappa shape index (κ3) is 3.60. The number of phenols is 1. The summed E-state index contributed by atoms with van der Waals surface area (Å²) in [7, 11) is 0. The second-order valence-corrected chi connectivity index (χ2v) is 3.09. The van der Waals surface area contributed by atoms with Gasteiger partial charge in [0.25, 0.3) is 0 Å². The Kier molecular flexibility index (Phi) is 4.21. The first-order valence-electron chi connectivity index (χ1n) is 4.87. The van der Waals surface area contributed by atoms with Crippen LogP contribution in [0.1, 0.15) is 12.5 Å². The average molecular weight is 237 g/mol. The van der Waals surface area contributed by atoms with Gasteiger partial charge < -0.3 is 9.84 Å². The number of benzene rings is 1. The van der Waals surface area contributed by atoms with E-state index in [1.807, 2.05) is 0 Å². The Morgan fingerprint density at radius 1 is 1.59 bits per heavy atom. The van der Waals surface area contributed by atoms with Gasteiger partial charge in [0.05, 0.1) is 11.5 Å². The monoisotopic (exact) mass is 237 g/mol. The summed E-state index contributed by atoms with van der Waals surface area (Å²) in [5, 5.41) is 19.8. The van der Waals surface area contributed by atoms with E-state index in [0.29, 0.717) is 5.56 Å². The normalized spacial score (nSPS) is 10.4. The second-order valence-electron chi connectivity index (χ2n) is 3.09. The van der Waals surface area contributed by atoms with Crippen LogP contribution in [0.2, 0.25) is 0 Å². The Hall–Kier alpha value is -2.37. The molecule has 0 heterocycles. The quantitative estimate of drug-likeness (QED) is 0.373. The summed E-state index contributed by atoms with van der Waals surface area (Å²) < 4.78 is 4.66. The van der Waals surface area contributed by atoms with E-state index in [4.69, 9.17) is 0 Å². The van der Waals surface area contributed by atoms with Crippen LogP contribution in [0.25, 0.3) is 6.08 Å². The molecule has 0 unspecified atom stereocenters. The first-order chi connectivity index (χ1) is 8.04. The van der Waals surface area contributed by atoms with Crippen molar-refractivity contribution >= 4 is 17.7 Å². The zero-order valence-electron chi connectivity index (χ0n) is 9.12. The number of phenolic OH excluding ortho intramolecular Hbond substituents is 1. The number of esters is 1. The lowest BCUT2D eigenvalue weighted by molar-refractivity contribution is -0.385. The van der Waals surface area contributed by atoms with Crippen LogP contribution in [0.15, 0.2) is 24.3 Å². The molecule has 0 spiro atoms. The predicted octanol–water partition coefficient (Wildman–Crippen LogP) is 1.88. The molecule has 1 aromatic carbocycles. The van der Waals surface area contributed by atoms with Crippen LogP contribution >= 0.6 is 0 Å². The zero-order chi connectivity index (χ0) is 12.8. The molecule has 1 aromatic rings. The van der Waals surface area contributed by atoms with E-state index in [1.54, 1.807) is 6.92 Å². The van der Waals surface area contributed by atoms with Gasteiger partial charge in [0.2, 0.25) is 0 Å². The van der Waals surface area contributed by atoms with Crippen LogP contribution < -0.4 is 0 Å². The molecule has 0 aromatic heterocycles. The minimum absolute atomic E-state index is 0.263. The van der Waals surface area contributed by atoms with Crippen LogP contribution in [-0.4, -0.2) is 22.6 Å². The molecule has 6 heteroatoms. The Morgan fingerprint density at radius 3 is 2.88 bits per heavy atom. The Bertz CT molecular complexity index is 467. The first-order valence-corrected chi connectivity index (χ1v) is 4.87. The molecule has 0 saturated heterocycles. The smallest absolute Gasteiger partial charge is 0.330 e. The van der Waals surface area contributed by atoms with Gasteiger partial charge in [-0.05, 0) is 24.6 Å². The van der Waals surface area contributed by atoms with E-state index >= 15 is 0 Å². The van der Waals surface area contributed by atoms with E-state index in [1.165, 1.54) is 30.4 Å². The molecular formula is C11H11NO5. The molecule has 0 fully saturated rings. The third-order valence-electron chi connectivity index (χ3n) is 1.89. The number of hydrogen-bond donors (Lipinski definition) is 1. The van der Waals surface area contributed by atoms with Crippen molar-refractivity contribution in [2.45, 2.75) is 6.92 Å². The highest BCUT2D eigenvalue weighted by Gasteiger charge is 2.12. The van der Waals surface area contributed by atoms with E-state index in [-0.39, 0.29) is 6.61 Å². The van der Waals surface area contributed by atoms with Gasteiger partial charge in [0.15, 0.2) is 5.75 Å². The largest absolute Gasteiger partial charge is 0.502 e. The lowest BCUT2D eigenvalue weighted by Gasteiger charge is -1.98. The highest BCUT2D eigenvalue weighted by atomic mass is 16.6. The van der Waals surface area contributed by atoms with Crippen LogP contribution in [0.5, 0.6) is 5.75 Å². The highest BCUT2D eigenvalue weighted by Crippen LogP contribution is 2.26. The summed E-state index contributed by atoms with van der Waals surface area (Å²) in [4.78, 5) is 20.9. The lowest BCUT2D eigenvalue weighted by Crippen LogP contribution is -1.98. The minimum atomic E-state index is -0.697. The summed E-state index contributed by atoms with van der Waals surface area (Å²) in [6.07, 6.45) is 2.55. The number of carbonyl (C=O) groups is 1. The molecule has 0 aliphatic rings. The van der Waals surface area contributed by atoms with Crippen LogP contribution in [0.4, 0.5) is 5.69 Å². The number of rotatable bonds is 4. The average Bonchev–Trinajstić information content (AvgIpc) is 2.28. The fraction of sp³-hybridized carbons (Fsp3) is 0.182. The topological polar surface area (TPSA) is 89.7 Å². The molecular weight excluding hydrogens is 226 g/mol. The van der Waals surface area contributed by atoms with Crippen molar-refractivity contribution in [2.24, 2.45) is 0 Å². The summed E-state index contributed by atoms with van der Waals surface area (Å²) in [6, 6.07) is 3.83. The number of ether oxygens (including phenoxy) is 1. The summed E-state index contributed by atoms with van der Waals surface area (Å²) >= 11 is 0. The zero-order valence-corrected chi connectivity index (χ0v) is 9.12. The molecule has 0 aliphatic carbocycles. The minimum Gasteiger partial charge on any atom is -0.502 e. The van der Waals surface area contributed by atoms with Gasteiger partial charge in [-0.15, -0.1) is 0 Å². The highest BCUT2D eigenvalue weighted by molar-refractivity contribution is 5.87. The summed E-state index contributed by atoms with van der Waals surface area (Å²) in [5.74, 6) is -0.938. The van der Waals surface area contributed by atoms with Gasteiger partial charge in [0, 0.05) is 12.1 Å². The predicted molar refractivity (Wildman–Crippen MR) is 60.4 cm³/mol. The molecule has 1 N–H and O–H groups in total. The van der Waals surface area contributed by atoms with E-state index < -0.39 is 22.3 Å². The number of aromatic hydroxyl groups is 1. The maximum Gasteiger partial charge on any atom is 0.330 e. The molecule has 90 valence electrons. The number of nitro groups is 1. The van der Waals surface area contributed by atoms with Crippen molar-refractivity contribution in [1.82, 2.24) is 0 Å². The molecule has 0 bridgehead atoms. The van der Waals surface area contributed by atoms with Gasteiger partial charge in [-0.1, -0.05) is 6.07 Å². The standard InChI is InChI=1S/C11H11NO5/c1-2-17-11(14)6-4-8-3-5-10(13)9(7-8)12(15)16/h3-7,13H,2H2,1H3/b6-4+. The molecule has 6 nitrogen and oxygen atoms in total. The molecule has 0 radical (unpaired) electrons. The van der Waals surface area contributed by atoms with Crippen LogP contribution in [-0.2, 0) is 9.53 Å². The van der Waals surface area contributed by atoms with Gasteiger partial charge in [-0.25, -0.2) is 4.79 Å². The fourth-order valence-electron chi connectivity index (χ4n) is 1.15. The number of nitrogens with zero attached hydrogens (tertiary/aromatic N) is 1. The van der Waals surface area contributed by atoms with Gasteiger partial charge >= 0.3 is 11.7 Å². The van der Waals surface area contributed by atoms with Crippen molar-refractivity contribution < 1.29 is 19.6 Å². The van der Waals surface area contributed by atoms with E-state index in [9.17, 15) is 20.0 Å². The maximum atomic E-state index is 11.0. The first kappa shape index (κ1) is 12.7. The van der Waals surface area contributed by atoms with Crippen molar-refractivity contribution in [3.05, 3.63) is 40.0 Å². The maximum absolute atomic E-state index is 11.0. The number of hydrogen-bond acceptors (Lipinski definition) is 5. The van der Waals surface area contributed by atoms with Gasteiger partial charge in [0.1, 0.15) is 0 Å². The Morgan fingerprint density at radius 2 is 2.29 bits per heavy atom. The van der Waals surface area contributed by atoms with Gasteiger partial charge in [-0.3, -0.25) is 10.1 Å². The fourth-order valence-corrected chi connectivity index (χ4v) is 1.15. The lowest BCUT2D eigenvalue weighted by atomic mass is 10.2. The Balaban J connectivity index is 2.89. The van der Waals surface area contributed by atoms with Crippen molar-refractivity contribution in [2.75, 3.05) is 6.61 Å². The second kappa shape index (κ2) is 5.64. The van der Waals surface area contributed by atoms with Crippen molar-refractivity contribution in [1.29, 1.82) is 0 Å². The number of nitro benzene ring substituents is 1. The summed E-state index contributed by atoms with van der Waals surface area (Å²) in [5.41, 5.74) is 0.0264. The molecule has 0 saturated carbocycles. The molecule has 1 rings (SSSR count). The van der Waals surface area contributed by atoms with Crippen molar-refractivity contribution in [3.8, 4) is 5.75 Å². The van der Waals surface area contributed by atoms with Crippen molar-refractivity contribution in [3.63, 3.8) is 0 Å². The SMILES string of the molecule is CCOC(=O)/C=C/c1ccc(O)c([N+](=O)[O-])c1. The number of carbonyl (C=O) groups excluding carboxylic acids is 1. The molecule has 0 amide bonds. The van der Waals surface area contributed by atoms with E-state index in [0.717, 1.165) is 0 Å². The molecule has 17 heavy (non-hydrogen) atoms. The third-order valence-corrected chi connectivity index (χ3v) is 1.89. The van der Waals surface area contributed by atoms with Crippen LogP contribution in [0, 0.1) is 10.1 Å². The van der Waals surface area contributed by atoms with Gasteiger partial charge in [-0.2, -0.15) is 0 Å². The van der Waals surface area contributed by atoms with E-state index in [2.05, 4.69) is 4.74 Å². The summed E-state index contributed by atoms with van der Waals surface area (Å²) in [6.45, 7) is 1.94.